The zero-order chi connectivity index (χ0) is 14.4. The Morgan fingerprint density at radius 3 is 2.55 bits per heavy atom. The van der Waals surface area contributed by atoms with E-state index >= 15 is 0 Å². The molecular formula is C15H19ClN2O2. The van der Waals surface area contributed by atoms with E-state index in [2.05, 4.69) is 10.6 Å². The minimum Gasteiger partial charge on any atom is -0.352 e. The Morgan fingerprint density at radius 2 is 1.85 bits per heavy atom. The van der Waals surface area contributed by atoms with E-state index in [1.807, 2.05) is 0 Å². The second-order valence-corrected chi connectivity index (χ2v) is 5.47. The molecule has 2 rings (SSSR count). The molecule has 0 saturated heterocycles. The first-order valence-corrected chi connectivity index (χ1v) is 7.36. The Labute approximate surface area is 123 Å². The van der Waals surface area contributed by atoms with Crippen molar-refractivity contribution < 1.29 is 9.59 Å². The van der Waals surface area contributed by atoms with Crippen LogP contribution < -0.4 is 10.6 Å². The van der Waals surface area contributed by atoms with Crippen LogP contribution in [0.3, 0.4) is 0 Å². The minimum atomic E-state index is -0.325. The van der Waals surface area contributed by atoms with Gasteiger partial charge in [0, 0.05) is 6.04 Å². The van der Waals surface area contributed by atoms with Gasteiger partial charge in [-0.15, -0.1) is 0 Å². The summed E-state index contributed by atoms with van der Waals surface area (Å²) in [7, 11) is 0. The molecule has 20 heavy (non-hydrogen) atoms. The number of hydrogen-bond donors (Lipinski definition) is 2. The Morgan fingerprint density at radius 1 is 1.15 bits per heavy atom. The van der Waals surface area contributed by atoms with E-state index in [-0.39, 0.29) is 24.4 Å². The number of carbonyl (C=O) groups excluding carboxylic acids is 2. The molecule has 1 fully saturated rings. The molecule has 2 N–H and O–H groups in total. The van der Waals surface area contributed by atoms with Gasteiger partial charge < -0.3 is 10.6 Å². The van der Waals surface area contributed by atoms with Gasteiger partial charge in [0.25, 0.3) is 5.91 Å². The fourth-order valence-corrected chi connectivity index (χ4v) is 2.65. The van der Waals surface area contributed by atoms with Crippen molar-refractivity contribution in [3.63, 3.8) is 0 Å². The van der Waals surface area contributed by atoms with Gasteiger partial charge in [-0.3, -0.25) is 9.59 Å². The highest BCUT2D eigenvalue weighted by Crippen LogP contribution is 2.17. The fourth-order valence-electron chi connectivity index (χ4n) is 2.43. The van der Waals surface area contributed by atoms with E-state index in [0.717, 1.165) is 25.7 Å². The predicted octanol–water partition coefficient (Wildman–Crippen LogP) is 2.52. The number of rotatable bonds is 4. The lowest BCUT2D eigenvalue weighted by Crippen LogP contribution is -2.42. The highest BCUT2D eigenvalue weighted by Gasteiger charge is 2.16. The van der Waals surface area contributed by atoms with Crippen molar-refractivity contribution in [1.82, 2.24) is 10.6 Å². The van der Waals surface area contributed by atoms with Gasteiger partial charge in [0.15, 0.2) is 0 Å². The average molecular weight is 295 g/mol. The van der Waals surface area contributed by atoms with Crippen molar-refractivity contribution >= 4 is 23.4 Å². The number of nitrogens with one attached hydrogen (secondary N) is 2. The first-order valence-electron chi connectivity index (χ1n) is 6.99. The average Bonchev–Trinajstić information content (AvgIpc) is 2.46. The number of carbonyl (C=O) groups is 2. The molecule has 1 aliphatic rings. The summed E-state index contributed by atoms with van der Waals surface area (Å²) >= 11 is 5.93. The van der Waals surface area contributed by atoms with E-state index in [9.17, 15) is 9.59 Å². The lowest BCUT2D eigenvalue weighted by molar-refractivity contribution is -0.121. The van der Waals surface area contributed by atoms with E-state index < -0.39 is 0 Å². The number of hydrogen-bond acceptors (Lipinski definition) is 2. The molecular weight excluding hydrogens is 276 g/mol. The smallest absolute Gasteiger partial charge is 0.253 e. The molecule has 108 valence electrons. The summed E-state index contributed by atoms with van der Waals surface area (Å²) in [6.07, 6.45) is 5.64. The van der Waals surface area contributed by atoms with Gasteiger partial charge in [0.2, 0.25) is 5.91 Å². The molecule has 1 saturated carbocycles. The first kappa shape index (κ1) is 14.9. The second kappa shape index (κ2) is 7.29. The summed E-state index contributed by atoms with van der Waals surface area (Å²) in [5.74, 6) is -0.466. The van der Waals surface area contributed by atoms with Gasteiger partial charge in [-0.1, -0.05) is 43.0 Å². The van der Waals surface area contributed by atoms with Gasteiger partial charge in [0.1, 0.15) is 0 Å². The topological polar surface area (TPSA) is 58.2 Å². The number of halogens is 1. The van der Waals surface area contributed by atoms with Crippen LogP contribution in [0.15, 0.2) is 24.3 Å². The van der Waals surface area contributed by atoms with Crippen LogP contribution in [0.1, 0.15) is 42.5 Å². The summed E-state index contributed by atoms with van der Waals surface area (Å²) in [4.78, 5) is 23.7. The molecule has 0 spiro atoms. The first-order chi connectivity index (χ1) is 9.66. The zero-order valence-corrected chi connectivity index (χ0v) is 12.1. The van der Waals surface area contributed by atoms with Gasteiger partial charge in [-0.05, 0) is 25.0 Å². The third-order valence-corrected chi connectivity index (χ3v) is 3.83. The quantitative estimate of drug-likeness (QED) is 0.896. The molecule has 4 nitrogen and oxygen atoms in total. The normalized spacial score (nSPS) is 15.7. The molecule has 1 aromatic carbocycles. The van der Waals surface area contributed by atoms with Crippen molar-refractivity contribution in [3.8, 4) is 0 Å². The standard InChI is InChI=1S/C15H19ClN2O2/c16-13-9-5-4-8-12(13)15(20)17-10-14(19)18-11-6-2-1-3-7-11/h4-5,8-9,11H,1-3,6-7,10H2,(H,17,20)(H,18,19). The predicted molar refractivity (Wildman–Crippen MR) is 78.8 cm³/mol. The van der Waals surface area contributed by atoms with Crippen LogP contribution in [-0.4, -0.2) is 24.4 Å². The zero-order valence-electron chi connectivity index (χ0n) is 11.3. The SMILES string of the molecule is O=C(CNC(=O)c1ccccc1Cl)NC1CCCCC1. The van der Waals surface area contributed by atoms with Crippen LogP contribution in [0.4, 0.5) is 0 Å². The van der Waals surface area contributed by atoms with Gasteiger partial charge >= 0.3 is 0 Å². The third-order valence-electron chi connectivity index (χ3n) is 3.50. The van der Waals surface area contributed by atoms with E-state index in [1.54, 1.807) is 24.3 Å². The molecule has 0 heterocycles. The summed E-state index contributed by atoms with van der Waals surface area (Å²) in [6.45, 7) is -0.0133. The molecule has 5 heteroatoms. The van der Waals surface area contributed by atoms with E-state index in [4.69, 9.17) is 11.6 Å². The Hall–Kier alpha value is -1.55. The van der Waals surface area contributed by atoms with Crippen LogP contribution >= 0.6 is 11.6 Å². The lowest BCUT2D eigenvalue weighted by atomic mass is 9.95. The van der Waals surface area contributed by atoms with Crippen LogP contribution in [-0.2, 0) is 4.79 Å². The fraction of sp³-hybridized carbons (Fsp3) is 0.467. The molecule has 0 unspecified atom stereocenters. The van der Waals surface area contributed by atoms with Crippen LogP contribution in [0.5, 0.6) is 0 Å². The maximum Gasteiger partial charge on any atom is 0.253 e. The number of amides is 2. The molecule has 0 aliphatic heterocycles. The Bertz CT molecular complexity index is 485. The summed E-state index contributed by atoms with van der Waals surface area (Å²) in [5, 5.41) is 5.93. The minimum absolute atomic E-state index is 0.0133. The van der Waals surface area contributed by atoms with Gasteiger partial charge in [0.05, 0.1) is 17.1 Å². The summed E-state index contributed by atoms with van der Waals surface area (Å²) in [5.41, 5.74) is 0.389. The molecule has 1 aromatic rings. The van der Waals surface area contributed by atoms with Crippen LogP contribution in [0.25, 0.3) is 0 Å². The van der Waals surface area contributed by atoms with Crippen molar-refractivity contribution in [2.24, 2.45) is 0 Å². The second-order valence-electron chi connectivity index (χ2n) is 5.06. The molecule has 0 radical (unpaired) electrons. The third kappa shape index (κ3) is 4.23. The molecule has 1 aliphatic carbocycles. The summed E-state index contributed by atoms with van der Waals surface area (Å²) < 4.78 is 0. The van der Waals surface area contributed by atoms with Crippen molar-refractivity contribution in [1.29, 1.82) is 0 Å². The monoisotopic (exact) mass is 294 g/mol. The maximum atomic E-state index is 11.9. The molecule has 0 bridgehead atoms. The van der Waals surface area contributed by atoms with Crippen molar-refractivity contribution in [2.45, 2.75) is 38.1 Å². The largest absolute Gasteiger partial charge is 0.352 e. The van der Waals surface area contributed by atoms with E-state index in [0.29, 0.717) is 10.6 Å². The lowest BCUT2D eigenvalue weighted by Gasteiger charge is -2.22. The highest BCUT2D eigenvalue weighted by molar-refractivity contribution is 6.33. The summed E-state index contributed by atoms with van der Waals surface area (Å²) in [6, 6.07) is 7.04. The van der Waals surface area contributed by atoms with Crippen molar-refractivity contribution in [3.05, 3.63) is 34.9 Å². The molecule has 2 amide bonds. The van der Waals surface area contributed by atoms with Crippen LogP contribution in [0.2, 0.25) is 5.02 Å². The highest BCUT2D eigenvalue weighted by atomic mass is 35.5. The van der Waals surface area contributed by atoms with Gasteiger partial charge in [-0.2, -0.15) is 0 Å². The van der Waals surface area contributed by atoms with Crippen molar-refractivity contribution in [2.75, 3.05) is 6.54 Å². The Balaban J connectivity index is 1.78. The molecule has 0 aromatic heterocycles. The Kier molecular flexibility index (Phi) is 5.41. The van der Waals surface area contributed by atoms with E-state index in [1.165, 1.54) is 6.42 Å². The van der Waals surface area contributed by atoms with Gasteiger partial charge in [-0.25, -0.2) is 0 Å². The number of benzene rings is 1. The molecule has 0 atom stereocenters. The van der Waals surface area contributed by atoms with Crippen LogP contribution in [0, 0.1) is 0 Å². The maximum absolute atomic E-state index is 11.9.